The lowest BCUT2D eigenvalue weighted by atomic mass is 10.2. The molecule has 0 unspecified atom stereocenters. The summed E-state index contributed by atoms with van der Waals surface area (Å²) in [5, 5.41) is 8.03. The number of nitrogens with zero attached hydrogens (tertiary/aromatic N) is 3. The summed E-state index contributed by atoms with van der Waals surface area (Å²) in [6.45, 7) is 6.79. The van der Waals surface area contributed by atoms with Crippen LogP contribution in [0.2, 0.25) is 0 Å². The van der Waals surface area contributed by atoms with E-state index in [-0.39, 0.29) is 6.09 Å². The molecule has 0 saturated heterocycles. The van der Waals surface area contributed by atoms with Crippen LogP contribution in [-0.4, -0.2) is 33.3 Å². The zero-order chi connectivity index (χ0) is 14.8. The Morgan fingerprint density at radius 3 is 2.60 bits per heavy atom. The molecule has 1 fully saturated rings. The van der Waals surface area contributed by atoms with Crippen molar-refractivity contribution in [2.45, 2.75) is 45.8 Å². The number of halogens is 1. The summed E-state index contributed by atoms with van der Waals surface area (Å²) in [5.41, 5.74) is 0.282. The van der Waals surface area contributed by atoms with E-state index in [2.05, 4.69) is 26.1 Å². The van der Waals surface area contributed by atoms with Crippen molar-refractivity contribution >= 4 is 22.0 Å². The molecule has 0 aromatic carbocycles. The van der Waals surface area contributed by atoms with Crippen LogP contribution < -0.4 is 0 Å². The molecule has 0 spiro atoms. The zero-order valence-corrected chi connectivity index (χ0v) is 13.7. The molecule has 0 atom stereocenters. The highest BCUT2D eigenvalue weighted by Gasteiger charge is 2.29. The predicted octanol–water partition coefficient (Wildman–Crippen LogP) is 3.39. The van der Waals surface area contributed by atoms with Crippen LogP contribution in [0.5, 0.6) is 0 Å². The molecule has 1 saturated carbocycles. The molecule has 1 aliphatic carbocycles. The third kappa shape index (κ3) is 5.07. The maximum Gasteiger partial charge on any atom is 0.410 e. The molecule has 1 heterocycles. The van der Waals surface area contributed by atoms with E-state index in [0.717, 1.165) is 12.2 Å². The zero-order valence-electron chi connectivity index (χ0n) is 12.1. The smallest absolute Gasteiger partial charge is 0.410 e. The number of ether oxygens (including phenoxy) is 1. The number of carbonyl (C=O) groups excluding carboxylic acids is 1. The van der Waals surface area contributed by atoms with Crippen molar-refractivity contribution in [3.63, 3.8) is 0 Å². The number of rotatable bonds is 4. The van der Waals surface area contributed by atoms with Gasteiger partial charge in [-0.05, 0) is 67.6 Å². The second-order valence-electron chi connectivity index (χ2n) is 6.15. The molecule has 1 amide bonds. The van der Waals surface area contributed by atoms with E-state index in [0.29, 0.717) is 17.1 Å². The molecule has 1 aromatic heterocycles. The molecule has 0 aliphatic heterocycles. The van der Waals surface area contributed by atoms with Crippen LogP contribution >= 0.6 is 15.9 Å². The molecule has 110 valence electrons. The highest BCUT2D eigenvalue weighted by atomic mass is 79.9. The van der Waals surface area contributed by atoms with Gasteiger partial charge < -0.3 is 9.64 Å². The average molecular weight is 342 g/mol. The van der Waals surface area contributed by atoms with Crippen molar-refractivity contribution in [2.24, 2.45) is 5.92 Å². The van der Waals surface area contributed by atoms with E-state index in [1.165, 1.54) is 12.8 Å². The van der Waals surface area contributed by atoms with Gasteiger partial charge in [-0.2, -0.15) is 5.10 Å². The van der Waals surface area contributed by atoms with Gasteiger partial charge in [0.25, 0.3) is 0 Å². The van der Waals surface area contributed by atoms with E-state index >= 15 is 0 Å². The molecule has 5 nitrogen and oxygen atoms in total. The second-order valence-corrected chi connectivity index (χ2v) is 6.96. The Hall–Kier alpha value is -1.17. The molecular formula is C14H20BrN3O2. The van der Waals surface area contributed by atoms with Gasteiger partial charge in [-0.3, -0.25) is 0 Å². The Kier molecular flexibility index (Phi) is 4.62. The number of carbonyl (C=O) groups is 1. The Morgan fingerprint density at radius 1 is 1.40 bits per heavy atom. The third-order valence-corrected chi connectivity index (χ3v) is 3.29. The summed E-state index contributed by atoms with van der Waals surface area (Å²) >= 11 is 3.25. The molecule has 6 heteroatoms. The van der Waals surface area contributed by atoms with E-state index in [1.54, 1.807) is 4.90 Å². The largest absolute Gasteiger partial charge is 0.444 e. The fourth-order valence-corrected chi connectivity index (χ4v) is 1.98. The van der Waals surface area contributed by atoms with Gasteiger partial charge in [0.1, 0.15) is 10.2 Å². The van der Waals surface area contributed by atoms with Crippen molar-refractivity contribution in [3.05, 3.63) is 22.4 Å². The highest BCUT2D eigenvalue weighted by Crippen LogP contribution is 2.30. The molecule has 20 heavy (non-hydrogen) atoms. The SMILES string of the molecule is CC(C)(C)OC(=O)N(Cc1ccc(Br)nn1)CC1CC1. The maximum atomic E-state index is 12.2. The number of hydrogen-bond acceptors (Lipinski definition) is 4. The monoisotopic (exact) mass is 341 g/mol. The van der Waals surface area contributed by atoms with Gasteiger partial charge in [-0.25, -0.2) is 4.79 Å². The van der Waals surface area contributed by atoms with Gasteiger partial charge in [0, 0.05) is 6.54 Å². The first kappa shape index (κ1) is 15.2. The lowest BCUT2D eigenvalue weighted by Crippen LogP contribution is -2.37. The highest BCUT2D eigenvalue weighted by molar-refractivity contribution is 9.10. The van der Waals surface area contributed by atoms with Crippen LogP contribution in [0.25, 0.3) is 0 Å². The maximum absolute atomic E-state index is 12.2. The summed E-state index contributed by atoms with van der Waals surface area (Å²) < 4.78 is 6.14. The van der Waals surface area contributed by atoms with Gasteiger partial charge in [0.2, 0.25) is 0 Å². The van der Waals surface area contributed by atoms with Crippen LogP contribution in [0.3, 0.4) is 0 Å². The Labute approximate surface area is 127 Å². The molecule has 0 radical (unpaired) electrons. The molecule has 1 aromatic rings. The minimum Gasteiger partial charge on any atom is -0.444 e. The first-order valence-corrected chi connectivity index (χ1v) is 7.59. The molecule has 0 N–H and O–H groups in total. The summed E-state index contributed by atoms with van der Waals surface area (Å²) in [4.78, 5) is 14.0. The van der Waals surface area contributed by atoms with Crippen LogP contribution in [-0.2, 0) is 11.3 Å². The van der Waals surface area contributed by atoms with E-state index in [4.69, 9.17) is 4.74 Å². The lowest BCUT2D eigenvalue weighted by molar-refractivity contribution is 0.0221. The van der Waals surface area contributed by atoms with E-state index < -0.39 is 5.60 Å². The molecule has 2 rings (SSSR count). The Morgan fingerprint density at radius 2 is 2.10 bits per heavy atom. The standard InChI is InChI=1S/C14H20BrN3O2/c1-14(2,3)20-13(19)18(8-10-4-5-10)9-11-6-7-12(15)17-16-11/h6-7,10H,4-5,8-9H2,1-3H3. The van der Waals surface area contributed by atoms with Crippen molar-refractivity contribution < 1.29 is 9.53 Å². The van der Waals surface area contributed by atoms with Crippen molar-refractivity contribution in [2.75, 3.05) is 6.54 Å². The second kappa shape index (κ2) is 6.08. The van der Waals surface area contributed by atoms with E-state index in [1.807, 2.05) is 32.9 Å². The third-order valence-electron chi connectivity index (χ3n) is 2.87. The lowest BCUT2D eigenvalue weighted by Gasteiger charge is -2.27. The quantitative estimate of drug-likeness (QED) is 0.842. The summed E-state index contributed by atoms with van der Waals surface area (Å²) in [6, 6.07) is 3.69. The van der Waals surface area contributed by atoms with Gasteiger partial charge in [-0.15, -0.1) is 5.10 Å². The predicted molar refractivity (Wildman–Crippen MR) is 79.1 cm³/mol. The van der Waals surface area contributed by atoms with Gasteiger partial charge in [0.15, 0.2) is 0 Å². The van der Waals surface area contributed by atoms with Crippen molar-refractivity contribution in [3.8, 4) is 0 Å². The Balaban J connectivity index is 2.02. The molecule has 1 aliphatic rings. The molecular weight excluding hydrogens is 322 g/mol. The van der Waals surface area contributed by atoms with Crippen LogP contribution in [0.1, 0.15) is 39.3 Å². The number of hydrogen-bond donors (Lipinski definition) is 0. The normalized spacial score (nSPS) is 15.0. The minimum absolute atomic E-state index is 0.283. The van der Waals surface area contributed by atoms with Gasteiger partial charge >= 0.3 is 6.09 Å². The van der Waals surface area contributed by atoms with Crippen LogP contribution in [0, 0.1) is 5.92 Å². The first-order chi connectivity index (χ1) is 9.33. The summed E-state index contributed by atoms with van der Waals surface area (Å²) in [7, 11) is 0. The number of aromatic nitrogens is 2. The van der Waals surface area contributed by atoms with E-state index in [9.17, 15) is 4.79 Å². The first-order valence-electron chi connectivity index (χ1n) is 6.79. The fraction of sp³-hybridized carbons (Fsp3) is 0.643. The fourth-order valence-electron chi connectivity index (χ4n) is 1.77. The number of amides is 1. The Bertz CT molecular complexity index is 466. The van der Waals surface area contributed by atoms with Crippen molar-refractivity contribution in [1.29, 1.82) is 0 Å². The topological polar surface area (TPSA) is 55.3 Å². The average Bonchev–Trinajstić information content (AvgIpc) is 3.13. The summed E-state index contributed by atoms with van der Waals surface area (Å²) in [5.74, 6) is 0.603. The molecule has 0 bridgehead atoms. The minimum atomic E-state index is -0.482. The van der Waals surface area contributed by atoms with Crippen LogP contribution in [0.15, 0.2) is 16.7 Å². The van der Waals surface area contributed by atoms with Crippen molar-refractivity contribution in [1.82, 2.24) is 15.1 Å². The van der Waals surface area contributed by atoms with Crippen LogP contribution in [0.4, 0.5) is 4.79 Å². The van der Waals surface area contributed by atoms with Gasteiger partial charge in [0.05, 0.1) is 12.2 Å². The summed E-state index contributed by atoms with van der Waals surface area (Å²) in [6.07, 6.45) is 2.09. The van der Waals surface area contributed by atoms with Gasteiger partial charge in [-0.1, -0.05) is 0 Å².